The zero-order valence-corrected chi connectivity index (χ0v) is 34.4. The number of ketones is 1. The number of benzene rings is 8. The molecule has 8 aromatic rings. The molecule has 0 radical (unpaired) electrons. The summed E-state index contributed by atoms with van der Waals surface area (Å²) in [5.74, 6) is -1.00. The number of hydrogen-bond donors (Lipinski definition) is 1. The highest BCUT2D eigenvalue weighted by atomic mass is 28.3. The van der Waals surface area contributed by atoms with Gasteiger partial charge in [-0.25, -0.2) is 0 Å². The van der Waals surface area contributed by atoms with Gasteiger partial charge in [-0.15, -0.1) is 0 Å². The number of hydrogen-bond acceptors (Lipinski definition) is 2. The Morgan fingerprint density at radius 2 is 0.724 bits per heavy atom. The molecule has 0 saturated heterocycles. The van der Waals surface area contributed by atoms with Crippen LogP contribution in [0.5, 0.6) is 0 Å². The van der Waals surface area contributed by atoms with Gasteiger partial charge < -0.3 is 5.11 Å². The van der Waals surface area contributed by atoms with Crippen molar-refractivity contribution in [3.8, 4) is 0 Å². The van der Waals surface area contributed by atoms with Gasteiger partial charge in [-0.05, 0) is 42.7 Å². The Balaban J connectivity index is 1.48. The molecular formula is C54H46O2Si2. The highest BCUT2D eigenvalue weighted by Gasteiger charge is 2.51. The van der Waals surface area contributed by atoms with Crippen LogP contribution in [0.15, 0.2) is 254 Å². The molecule has 2 atom stereocenters. The van der Waals surface area contributed by atoms with E-state index in [1.807, 2.05) is 60.7 Å². The van der Waals surface area contributed by atoms with Crippen LogP contribution < -0.4 is 31.1 Å². The molecule has 4 heteroatoms. The summed E-state index contributed by atoms with van der Waals surface area (Å²) < 4.78 is 0. The molecular weight excluding hydrogens is 737 g/mol. The highest BCUT2D eigenvalue weighted by Crippen LogP contribution is 2.40. The third-order valence-electron chi connectivity index (χ3n) is 11.7. The van der Waals surface area contributed by atoms with Gasteiger partial charge in [0.15, 0.2) is 19.5 Å². The lowest BCUT2D eigenvalue weighted by Gasteiger charge is -2.42. The van der Waals surface area contributed by atoms with Crippen molar-refractivity contribution in [1.29, 1.82) is 0 Å². The first-order chi connectivity index (χ1) is 28.6. The third kappa shape index (κ3) is 7.30. The topological polar surface area (TPSA) is 37.3 Å². The van der Waals surface area contributed by atoms with E-state index in [1.165, 1.54) is 31.1 Å². The first-order valence-electron chi connectivity index (χ1n) is 20.0. The fourth-order valence-electron chi connectivity index (χ4n) is 8.87. The number of aliphatic hydroxyl groups is 1. The van der Waals surface area contributed by atoms with Crippen molar-refractivity contribution in [2.75, 3.05) is 0 Å². The van der Waals surface area contributed by atoms with Crippen molar-refractivity contribution < 1.29 is 9.90 Å². The van der Waals surface area contributed by atoms with Gasteiger partial charge in [-0.2, -0.15) is 0 Å². The Bertz CT molecular complexity index is 2340. The predicted molar refractivity (Wildman–Crippen MR) is 247 cm³/mol. The molecule has 0 aliphatic carbocycles. The molecule has 0 fully saturated rings. The molecule has 0 saturated carbocycles. The molecule has 8 rings (SSSR count). The van der Waals surface area contributed by atoms with E-state index in [0.29, 0.717) is 17.2 Å². The second-order valence-corrected chi connectivity index (χ2v) is 22.5. The van der Waals surface area contributed by atoms with E-state index in [1.54, 1.807) is 0 Å². The molecule has 58 heavy (non-hydrogen) atoms. The Kier molecular flexibility index (Phi) is 11.5. The summed E-state index contributed by atoms with van der Waals surface area (Å²) in [5.41, 5.74) is 1.50. The second kappa shape index (κ2) is 17.4. The zero-order valence-electron chi connectivity index (χ0n) is 32.4. The number of carbonyl (C=O) groups is 1. The van der Waals surface area contributed by atoms with Crippen molar-refractivity contribution >= 4 is 53.1 Å². The van der Waals surface area contributed by atoms with E-state index < -0.39 is 27.7 Å². The monoisotopic (exact) mass is 782 g/mol. The number of Topliss-reactive ketones (excluding diaryl/α,β-unsaturated/α-hetero) is 1. The van der Waals surface area contributed by atoms with Crippen LogP contribution >= 0.6 is 0 Å². The summed E-state index contributed by atoms with van der Waals surface area (Å²) >= 11 is 0. The predicted octanol–water partition coefficient (Wildman–Crippen LogP) is 7.81. The minimum Gasteiger partial charge on any atom is -0.376 e. The fraction of sp³-hybridized carbons (Fsp3) is 0.0556. The summed E-state index contributed by atoms with van der Waals surface area (Å²) in [6, 6.07) is 84.1. The van der Waals surface area contributed by atoms with Crippen LogP contribution in [0.2, 0.25) is 6.04 Å². The summed E-state index contributed by atoms with van der Waals surface area (Å²) in [7, 11) is -6.04. The molecule has 0 spiro atoms. The van der Waals surface area contributed by atoms with E-state index in [9.17, 15) is 5.11 Å². The second-order valence-electron chi connectivity index (χ2n) is 14.9. The van der Waals surface area contributed by atoms with Crippen molar-refractivity contribution in [3.05, 3.63) is 266 Å². The molecule has 8 aromatic carbocycles. The van der Waals surface area contributed by atoms with Crippen LogP contribution in [-0.4, -0.2) is 27.0 Å². The summed E-state index contributed by atoms with van der Waals surface area (Å²) in [5, 5.41) is 21.2. The fourth-order valence-corrected chi connectivity index (χ4v) is 18.2. The van der Waals surface area contributed by atoms with Crippen LogP contribution in [0.3, 0.4) is 0 Å². The van der Waals surface area contributed by atoms with Crippen molar-refractivity contribution in [1.82, 2.24) is 0 Å². The van der Waals surface area contributed by atoms with E-state index in [0.717, 1.165) is 0 Å². The van der Waals surface area contributed by atoms with Crippen LogP contribution in [-0.2, 0) is 5.60 Å². The van der Waals surface area contributed by atoms with Crippen LogP contribution in [0.25, 0.3) is 0 Å². The third-order valence-corrected chi connectivity index (χ3v) is 21.2. The van der Waals surface area contributed by atoms with Gasteiger partial charge in [0.05, 0.1) is 0 Å². The van der Waals surface area contributed by atoms with Crippen molar-refractivity contribution in [2.45, 2.75) is 11.6 Å². The van der Waals surface area contributed by atoms with Crippen LogP contribution in [0.4, 0.5) is 0 Å². The lowest BCUT2D eigenvalue weighted by molar-refractivity contribution is 0.00985. The van der Waals surface area contributed by atoms with Crippen LogP contribution in [0, 0.1) is 5.92 Å². The minimum absolute atomic E-state index is 0.322. The van der Waals surface area contributed by atoms with Crippen LogP contribution in [0.1, 0.15) is 15.9 Å². The molecule has 0 heterocycles. The van der Waals surface area contributed by atoms with Gasteiger partial charge in [0.25, 0.3) is 0 Å². The Hall–Kier alpha value is -6.44. The largest absolute Gasteiger partial charge is 0.376 e. The Morgan fingerprint density at radius 1 is 0.431 bits per heavy atom. The average Bonchev–Trinajstić information content (AvgIpc) is 3.32. The van der Waals surface area contributed by atoms with Gasteiger partial charge in [0, 0.05) is 11.5 Å². The SMILES string of the molecule is O=C(c1ccccc1)C(O)(c1ccccc1)C(/C=C/[Si](c1ccccc1)(c1ccccc1)c1ccccc1)C[Si](c1ccccc1)(c1ccccc1)c1ccccc1. The average molecular weight is 783 g/mol. The molecule has 0 bridgehead atoms. The summed E-state index contributed by atoms with van der Waals surface area (Å²) in [6.45, 7) is 0. The maximum atomic E-state index is 15.5. The molecule has 0 amide bonds. The molecule has 1 N–H and O–H groups in total. The molecule has 0 aliphatic rings. The molecule has 0 aromatic heterocycles. The molecule has 0 aliphatic heterocycles. The number of rotatable bonds is 14. The quantitative estimate of drug-likeness (QED) is 0.0695. The first-order valence-corrected chi connectivity index (χ1v) is 24.3. The lowest BCUT2D eigenvalue weighted by Crippen LogP contribution is -2.69. The first kappa shape index (κ1) is 38.4. The van der Waals surface area contributed by atoms with E-state index in [2.05, 4.69) is 194 Å². The summed E-state index contributed by atoms with van der Waals surface area (Å²) in [6.07, 6.45) is 2.24. The van der Waals surface area contributed by atoms with Gasteiger partial charge in [0.2, 0.25) is 0 Å². The van der Waals surface area contributed by atoms with Gasteiger partial charge >= 0.3 is 0 Å². The number of carbonyl (C=O) groups excluding carboxylic acids is 1. The van der Waals surface area contributed by atoms with Gasteiger partial charge in [-0.3, -0.25) is 4.79 Å². The van der Waals surface area contributed by atoms with E-state index >= 15 is 4.79 Å². The van der Waals surface area contributed by atoms with Gasteiger partial charge in [0.1, 0.15) is 8.07 Å². The van der Waals surface area contributed by atoms with Crippen molar-refractivity contribution in [2.24, 2.45) is 5.92 Å². The maximum Gasteiger partial charge on any atom is 0.199 e. The van der Waals surface area contributed by atoms with Gasteiger partial charge in [-0.1, -0.05) is 254 Å². The smallest absolute Gasteiger partial charge is 0.199 e. The normalized spacial score (nSPS) is 13.4. The highest BCUT2D eigenvalue weighted by molar-refractivity contribution is 7.15. The molecule has 282 valence electrons. The van der Waals surface area contributed by atoms with Crippen molar-refractivity contribution in [3.63, 3.8) is 0 Å². The van der Waals surface area contributed by atoms with E-state index in [4.69, 9.17) is 0 Å². The minimum atomic E-state index is -3.06. The molecule has 2 nitrogen and oxygen atoms in total. The zero-order chi connectivity index (χ0) is 39.7. The Labute approximate surface area is 344 Å². The lowest BCUT2D eigenvalue weighted by atomic mass is 9.76. The summed E-state index contributed by atoms with van der Waals surface area (Å²) in [4.78, 5) is 15.5. The van der Waals surface area contributed by atoms with E-state index in [-0.39, 0.29) is 5.78 Å². The Morgan fingerprint density at radius 3 is 1.07 bits per heavy atom. The maximum absolute atomic E-state index is 15.5. The standard InChI is InChI=1S/C54H46O2Si2/c55-53(44-25-9-1-10-26-44)54(56,45-27-11-2-12-28-45)46(43-58(50-35-19-6-20-36-50,51-37-21-7-22-38-51)52-39-23-8-24-40-52)41-42-57(47-29-13-3-14-30-47,48-31-15-4-16-32-48)49-33-17-5-18-34-49/h1-42,46,56H,43H2/b42-41+. The molecule has 2 unspecified atom stereocenters.